The number of nitrogens with one attached hydrogen (secondary N) is 1. The fraction of sp³-hybridized carbons (Fsp3) is 0.118. The summed E-state index contributed by atoms with van der Waals surface area (Å²) >= 11 is 0. The quantitative estimate of drug-likeness (QED) is 0.448. The summed E-state index contributed by atoms with van der Waals surface area (Å²) in [5, 5.41) is 12.6. The lowest BCUT2D eigenvalue weighted by Crippen LogP contribution is -2.11. The van der Waals surface area contributed by atoms with Gasteiger partial charge in [-0.2, -0.15) is 0 Å². The van der Waals surface area contributed by atoms with Gasteiger partial charge in [-0.3, -0.25) is 5.32 Å². The number of benzene rings is 2. The fourth-order valence-corrected chi connectivity index (χ4v) is 2.30. The molecule has 0 aromatic heterocycles. The molecule has 20 heavy (non-hydrogen) atoms. The second-order valence-electron chi connectivity index (χ2n) is 4.57. The van der Waals surface area contributed by atoms with Gasteiger partial charge in [0.2, 0.25) is 0 Å². The van der Waals surface area contributed by atoms with E-state index < -0.39 is 0 Å². The van der Waals surface area contributed by atoms with Crippen LogP contribution in [0.25, 0.3) is 21.5 Å². The Morgan fingerprint density at radius 3 is 1.95 bits per heavy atom. The van der Waals surface area contributed by atoms with E-state index >= 15 is 0 Å². The van der Waals surface area contributed by atoms with Gasteiger partial charge in [-0.15, -0.1) is 0 Å². The lowest BCUT2D eigenvalue weighted by atomic mass is 10.1. The van der Waals surface area contributed by atoms with E-state index in [1.54, 1.807) is 0 Å². The molecule has 3 rings (SSSR count). The van der Waals surface area contributed by atoms with Gasteiger partial charge in [-0.1, -0.05) is 65.8 Å². The first-order valence-electron chi connectivity index (χ1n) is 6.61. The summed E-state index contributed by atoms with van der Waals surface area (Å²) in [5.74, 6) is 0. The topological polar surface area (TPSA) is 33.6 Å². The minimum atomic E-state index is 0.390. The molecule has 0 saturated carbocycles. The Balaban J connectivity index is 2.43. The molecular formula is C17H16N2O. The van der Waals surface area contributed by atoms with E-state index in [-0.39, 0.29) is 0 Å². The van der Waals surface area contributed by atoms with Gasteiger partial charge in [0.15, 0.2) is 6.73 Å². The van der Waals surface area contributed by atoms with E-state index in [0.29, 0.717) is 6.73 Å². The van der Waals surface area contributed by atoms with Crippen molar-refractivity contribution in [1.82, 2.24) is 5.32 Å². The summed E-state index contributed by atoms with van der Waals surface area (Å²) in [7, 11) is 1.83. The SMILES string of the molecule is CNCON=c1c2ccccc2ccc2ccccc12. The van der Waals surface area contributed by atoms with Crippen molar-refractivity contribution >= 4 is 21.5 Å². The maximum absolute atomic E-state index is 5.34. The summed E-state index contributed by atoms with van der Waals surface area (Å²) in [4.78, 5) is 5.34. The first-order chi connectivity index (χ1) is 9.90. The highest BCUT2D eigenvalue weighted by Gasteiger charge is 2.00. The van der Waals surface area contributed by atoms with E-state index in [1.807, 2.05) is 31.3 Å². The van der Waals surface area contributed by atoms with Gasteiger partial charge < -0.3 is 4.84 Å². The van der Waals surface area contributed by atoms with Crippen LogP contribution in [0.3, 0.4) is 0 Å². The van der Waals surface area contributed by atoms with E-state index in [9.17, 15) is 0 Å². The molecule has 0 aliphatic rings. The summed E-state index contributed by atoms with van der Waals surface area (Å²) in [6.07, 6.45) is 0. The Hall–Kier alpha value is -2.39. The predicted octanol–water partition coefficient (Wildman–Crippen LogP) is 3.00. The van der Waals surface area contributed by atoms with Gasteiger partial charge in [0, 0.05) is 10.8 Å². The van der Waals surface area contributed by atoms with Crippen molar-refractivity contribution < 1.29 is 4.84 Å². The van der Waals surface area contributed by atoms with Crippen molar-refractivity contribution in [2.45, 2.75) is 0 Å². The Labute approximate surface area is 117 Å². The van der Waals surface area contributed by atoms with Gasteiger partial charge in [-0.05, 0) is 17.8 Å². The molecule has 3 nitrogen and oxygen atoms in total. The first-order valence-corrected chi connectivity index (χ1v) is 6.61. The third-order valence-corrected chi connectivity index (χ3v) is 3.24. The fourth-order valence-electron chi connectivity index (χ4n) is 2.30. The summed E-state index contributed by atoms with van der Waals surface area (Å²) in [6.45, 7) is 0.390. The highest BCUT2D eigenvalue weighted by molar-refractivity contribution is 5.92. The number of nitrogens with zero attached hydrogens (tertiary/aromatic N) is 1. The first kappa shape index (κ1) is 12.6. The van der Waals surface area contributed by atoms with Crippen molar-refractivity contribution in [3.05, 3.63) is 66.0 Å². The summed E-state index contributed by atoms with van der Waals surface area (Å²) < 4.78 is 0. The zero-order chi connectivity index (χ0) is 13.8. The molecule has 0 amide bonds. The highest BCUT2D eigenvalue weighted by atomic mass is 16.6. The number of hydrogen-bond acceptors (Lipinski definition) is 3. The second kappa shape index (κ2) is 5.72. The zero-order valence-corrected chi connectivity index (χ0v) is 11.3. The van der Waals surface area contributed by atoms with Gasteiger partial charge >= 0.3 is 0 Å². The Kier molecular flexibility index (Phi) is 3.61. The average Bonchev–Trinajstić information content (AvgIpc) is 2.66. The smallest absolute Gasteiger partial charge is 0.168 e. The molecule has 3 aromatic rings. The third-order valence-electron chi connectivity index (χ3n) is 3.24. The summed E-state index contributed by atoms with van der Waals surface area (Å²) in [5.41, 5.74) is 0. The van der Waals surface area contributed by atoms with Crippen LogP contribution in [0.4, 0.5) is 0 Å². The van der Waals surface area contributed by atoms with Crippen LogP contribution in [0, 0.1) is 0 Å². The molecule has 0 unspecified atom stereocenters. The van der Waals surface area contributed by atoms with Gasteiger partial charge in [0.1, 0.15) is 5.36 Å². The third kappa shape index (κ3) is 2.36. The number of rotatable bonds is 3. The van der Waals surface area contributed by atoms with Crippen molar-refractivity contribution in [2.75, 3.05) is 13.8 Å². The average molecular weight is 264 g/mol. The van der Waals surface area contributed by atoms with Crippen molar-refractivity contribution in [3.8, 4) is 0 Å². The molecule has 0 aliphatic heterocycles. The molecule has 1 N–H and O–H groups in total. The van der Waals surface area contributed by atoms with Crippen molar-refractivity contribution in [3.63, 3.8) is 0 Å². The number of hydrogen-bond donors (Lipinski definition) is 1. The van der Waals surface area contributed by atoms with E-state index in [0.717, 1.165) is 26.9 Å². The maximum Gasteiger partial charge on any atom is 0.168 e. The lowest BCUT2D eigenvalue weighted by molar-refractivity contribution is 0.122. The highest BCUT2D eigenvalue weighted by Crippen LogP contribution is 2.15. The molecule has 0 atom stereocenters. The van der Waals surface area contributed by atoms with Crippen LogP contribution < -0.4 is 10.7 Å². The standard InChI is InChI=1S/C17H16N2O/c1-18-12-20-19-17-15-8-4-2-6-13(15)10-11-14-7-3-5-9-16(14)17/h2-11,18H,12H2,1H3. The molecule has 0 radical (unpaired) electrons. The molecule has 0 saturated heterocycles. The maximum atomic E-state index is 5.34. The zero-order valence-electron chi connectivity index (χ0n) is 11.3. The minimum Gasteiger partial charge on any atom is -0.379 e. The monoisotopic (exact) mass is 264 g/mol. The minimum absolute atomic E-state index is 0.390. The van der Waals surface area contributed by atoms with Crippen molar-refractivity contribution in [2.24, 2.45) is 5.16 Å². The molecule has 0 bridgehead atoms. The normalized spacial score (nSPS) is 10.7. The Morgan fingerprint density at radius 2 is 1.40 bits per heavy atom. The van der Waals surface area contributed by atoms with Gasteiger partial charge in [-0.25, -0.2) is 0 Å². The van der Waals surface area contributed by atoms with Crippen LogP contribution in [0.5, 0.6) is 0 Å². The van der Waals surface area contributed by atoms with Crippen LogP contribution in [0.1, 0.15) is 0 Å². The lowest BCUT2D eigenvalue weighted by Gasteiger charge is -1.98. The second-order valence-corrected chi connectivity index (χ2v) is 4.57. The molecular weight excluding hydrogens is 248 g/mol. The van der Waals surface area contributed by atoms with E-state index in [1.165, 1.54) is 0 Å². The molecule has 0 spiro atoms. The molecule has 3 aromatic carbocycles. The largest absolute Gasteiger partial charge is 0.379 e. The molecule has 100 valence electrons. The van der Waals surface area contributed by atoms with Crippen LogP contribution in [0.2, 0.25) is 0 Å². The van der Waals surface area contributed by atoms with Crippen LogP contribution in [-0.4, -0.2) is 13.8 Å². The number of fused-ring (bicyclic) bond motifs is 2. The molecule has 0 heterocycles. The summed E-state index contributed by atoms with van der Waals surface area (Å²) in [6, 6.07) is 20.7. The van der Waals surface area contributed by atoms with Crippen molar-refractivity contribution in [1.29, 1.82) is 0 Å². The van der Waals surface area contributed by atoms with Crippen LogP contribution in [0.15, 0.2) is 65.8 Å². The molecule has 0 aliphatic carbocycles. The predicted molar refractivity (Wildman–Crippen MR) is 82.0 cm³/mol. The van der Waals surface area contributed by atoms with Crippen LogP contribution >= 0.6 is 0 Å². The van der Waals surface area contributed by atoms with E-state index in [2.05, 4.69) is 46.9 Å². The molecule has 0 fully saturated rings. The van der Waals surface area contributed by atoms with Gasteiger partial charge in [0.25, 0.3) is 0 Å². The Morgan fingerprint density at radius 1 is 0.850 bits per heavy atom. The van der Waals surface area contributed by atoms with Gasteiger partial charge in [0.05, 0.1) is 0 Å². The van der Waals surface area contributed by atoms with Crippen LogP contribution in [-0.2, 0) is 4.84 Å². The van der Waals surface area contributed by atoms with E-state index in [4.69, 9.17) is 4.84 Å². The molecule has 3 heteroatoms. The Bertz CT molecular complexity index is 750.